The second-order valence-electron chi connectivity index (χ2n) is 15.3. The van der Waals surface area contributed by atoms with E-state index in [2.05, 4.69) is 27.7 Å². The molecule has 0 radical (unpaired) electrons. The van der Waals surface area contributed by atoms with Crippen molar-refractivity contribution in [3.8, 4) is 0 Å². The van der Waals surface area contributed by atoms with E-state index in [1.807, 2.05) is 0 Å². The molecule has 2 atom stereocenters. The summed E-state index contributed by atoms with van der Waals surface area (Å²) in [7, 11) is 0. The van der Waals surface area contributed by atoms with Gasteiger partial charge in [0.05, 0.1) is 6.10 Å². The van der Waals surface area contributed by atoms with Crippen molar-refractivity contribution < 1.29 is 9.53 Å². The van der Waals surface area contributed by atoms with Crippen molar-refractivity contribution in [2.24, 2.45) is 5.92 Å². The van der Waals surface area contributed by atoms with Crippen LogP contribution in [0.25, 0.3) is 0 Å². The first kappa shape index (κ1) is 45.5. The maximum Gasteiger partial charge on any atom is 0.306 e. The van der Waals surface area contributed by atoms with Gasteiger partial charge < -0.3 is 4.74 Å². The van der Waals surface area contributed by atoms with Crippen LogP contribution in [0.5, 0.6) is 0 Å². The number of carbonyl (C=O) groups excluding carboxylic acids is 1. The Morgan fingerprint density at radius 2 is 0.630 bits per heavy atom. The lowest BCUT2D eigenvalue weighted by Gasteiger charge is -2.17. The topological polar surface area (TPSA) is 26.3 Å². The van der Waals surface area contributed by atoms with Crippen LogP contribution >= 0.6 is 0 Å². The number of carbonyl (C=O) groups is 1. The fourth-order valence-corrected chi connectivity index (χ4v) is 7.24. The number of esters is 1. The molecule has 0 spiro atoms. The van der Waals surface area contributed by atoms with E-state index < -0.39 is 0 Å². The van der Waals surface area contributed by atoms with E-state index in [4.69, 9.17) is 4.74 Å². The fraction of sp³-hybridized carbons (Fsp3) is 0.977. The summed E-state index contributed by atoms with van der Waals surface area (Å²) >= 11 is 0. The lowest BCUT2D eigenvalue weighted by molar-refractivity contribution is -0.148. The van der Waals surface area contributed by atoms with E-state index >= 15 is 0 Å². The van der Waals surface area contributed by atoms with Gasteiger partial charge in [-0.2, -0.15) is 0 Å². The Kier molecular flexibility index (Phi) is 38.5. The first-order chi connectivity index (χ1) is 22.6. The van der Waals surface area contributed by atoms with Gasteiger partial charge >= 0.3 is 5.97 Å². The van der Waals surface area contributed by atoms with Crippen LogP contribution in [0, 0.1) is 5.92 Å². The molecule has 0 aromatic rings. The third-order valence-corrected chi connectivity index (χ3v) is 10.5. The van der Waals surface area contributed by atoms with Gasteiger partial charge in [0, 0.05) is 6.42 Å². The van der Waals surface area contributed by atoms with Crippen LogP contribution in [0.3, 0.4) is 0 Å². The zero-order valence-electron chi connectivity index (χ0n) is 32.6. The lowest BCUT2D eigenvalue weighted by Crippen LogP contribution is -2.14. The van der Waals surface area contributed by atoms with Crippen molar-refractivity contribution in [3.63, 3.8) is 0 Å². The Hall–Kier alpha value is -0.530. The molecule has 0 heterocycles. The third kappa shape index (κ3) is 36.3. The smallest absolute Gasteiger partial charge is 0.306 e. The second-order valence-corrected chi connectivity index (χ2v) is 15.3. The summed E-state index contributed by atoms with van der Waals surface area (Å²) in [5.74, 6) is 1.01. The molecule has 0 aliphatic heterocycles. The normalized spacial score (nSPS) is 12.9. The van der Waals surface area contributed by atoms with Gasteiger partial charge in [-0.05, 0) is 32.1 Å². The minimum Gasteiger partial charge on any atom is -0.463 e. The summed E-state index contributed by atoms with van der Waals surface area (Å²) in [6.07, 6.45) is 50.7. The molecule has 2 unspecified atom stereocenters. The summed E-state index contributed by atoms with van der Waals surface area (Å²) < 4.78 is 5.60. The van der Waals surface area contributed by atoms with Gasteiger partial charge in [-0.3, -0.25) is 4.79 Å². The van der Waals surface area contributed by atoms with E-state index in [1.54, 1.807) is 0 Å². The highest BCUT2D eigenvalue weighted by molar-refractivity contribution is 5.69. The maximum atomic E-state index is 12.1. The van der Waals surface area contributed by atoms with Gasteiger partial charge in [0.2, 0.25) is 0 Å². The number of unbranched alkanes of at least 4 members (excludes halogenated alkanes) is 28. The molecule has 276 valence electrons. The molecule has 0 amide bonds. The largest absolute Gasteiger partial charge is 0.463 e. The minimum absolute atomic E-state index is 0.0202. The van der Waals surface area contributed by atoms with Gasteiger partial charge in [-0.1, -0.05) is 233 Å². The highest BCUT2D eigenvalue weighted by atomic mass is 16.5. The maximum absolute atomic E-state index is 12.1. The SMILES string of the molecule is CCCCCCCCCCCCCCCCCCC(CCCCCC)CCCCCCCCCCC(=O)OC(C)CCCCCC. The summed E-state index contributed by atoms with van der Waals surface area (Å²) in [5.41, 5.74) is 0. The fourth-order valence-electron chi connectivity index (χ4n) is 7.24. The number of rotatable bonds is 39. The summed E-state index contributed by atoms with van der Waals surface area (Å²) in [5, 5.41) is 0. The highest BCUT2D eigenvalue weighted by Crippen LogP contribution is 2.25. The molecule has 0 fully saturated rings. The first-order valence-electron chi connectivity index (χ1n) is 21.8. The van der Waals surface area contributed by atoms with Crippen molar-refractivity contribution >= 4 is 5.97 Å². The third-order valence-electron chi connectivity index (χ3n) is 10.5. The van der Waals surface area contributed by atoms with Gasteiger partial charge in [0.25, 0.3) is 0 Å². The van der Waals surface area contributed by atoms with Crippen LogP contribution in [0.2, 0.25) is 0 Å². The minimum atomic E-state index is 0.0202. The Morgan fingerprint density at radius 1 is 0.370 bits per heavy atom. The average molecular weight is 649 g/mol. The zero-order valence-corrected chi connectivity index (χ0v) is 32.6. The molecule has 0 aromatic heterocycles. The Labute approximate surface area is 292 Å². The van der Waals surface area contributed by atoms with Crippen molar-refractivity contribution in [1.82, 2.24) is 0 Å². The molecule has 0 aliphatic rings. The summed E-state index contributed by atoms with van der Waals surface area (Å²) in [4.78, 5) is 12.1. The predicted octanol–water partition coefficient (Wildman–Crippen LogP) is 16.0. The molecular formula is C44H88O2. The molecule has 2 nitrogen and oxygen atoms in total. The highest BCUT2D eigenvalue weighted by Gasteiger charge is 2.10. The Bertz CT molecular complexity index is 572. The molecular weight excluding hydrogens is 560 g/mol. The molecule has 0 aliphatic carbocycles. The van der Waals surface area contributed by atoms with Crippen LogP contribution in [0.4, 0.5) is 0 Å². The quantitative estimate of drug-likeness (QED) is 0.0490. The average Bonchev–Trinajstić information content (AvgIpc) is 3.05. The second kappa shape index (κ2) is 38.9. The first-order valence-corrected chi connectivity index (χ1v) is 21.8. The van der Waals surface area contributed by atoms with E-state index in [0.717, 1.165) is 18.8 Å². The van der Waals surface area contributed by atoms with Crippen LogP contribution in [-0.4, -0.2) is 12.1 Å². The predicted molar refractivity (Wildman–Crippen MR) is 207 cm³/mol. The van der Waals surface area contributed by atoms with E-state index in [1.165, 1.54) is 218 Å². The molecule has 2 heteroatoms. The van der Waals surface area contributed by atoms with Crippen molar-refractivity contribution in [2.45, 2.75) is 271 Å². The number of hydrogen-bond donors (Lipinski definition) is 0. The molecule has 0 saturated carbocycles. The molecule has 0 N–H and O–H groups in total. The van der Waals surface area contributed by atoms with E-state index in [0.29, 0.717) is 6.42 Å². The van der Waals surface area contributed by atoms with Crippen molar-refractivity contribution in [1.29, 1.82) is 0 Å². The molecule has 0 aromatic carbocycles. The Balaban J connectivity index is 3.71. The van der Waals surface area contributed by atoms with Crippen LogP contribution < -0.4 is 0 Å². The number of hydrogen-bond acceptors (Lipinski definition) is 2. The van der Waals surface area contributed by atoms with Gasteiger partial charge in [0.15, 0.2) is 0 Å². The molecule has 0 bridgehead atoms. The lowest BCUT2D eigenvalue weighted by atomic mass is 9.89. The molecule has 46 heavy (non-hydrogen) atoms. The van der Waals surface area contributed by atoms with Crippen LogP contribution in [0.15, 0.2) is 0 Å². The van der Waals surface area contributed by atoms with Gasteiger partial charge in [-0.25, -0.2) is 0 Å². The number of ether oxygens (including phenoxy) is 1. The Morgan fingerprint density at radius 3 is 0.978 bits per heavy atom. The standard InChI is InChI=1S/C44H88O2/c1-5-8-11-14-15-16-17-18-19-20-21-22-23-26-29-34-39-43(38-33-13-10-7-3)40-35-30-27-24-25-28-31-36-41-44(45)46-42(4)37-32-12-9-6-2/h42-43H,5-41H2,1-4H3. The summed E-state index contributed by atoms with van der Waals surface area (Å²) in [6, 6.07) is 0. The van der Waals surface area contributed by atoms with Crippen LogP contribution in [-0.2, 0) is 9.53 Å². The van der Waals surface area contributed by atoms with Crippen molar-refractivity contribution in [2.75, 3.05) is 0 Å². The molecule has 0 rings (SSSR count). The van der Waals surface area contributed by atoms with Crippen molar-refractivity contribution in [3.05, 3.63) is 0 Å². The molecule has 0 saturated heterocycles. The zero-order chi connectivity index (χ0) is 33.6. The van der Waals surface area contributed by atoms with Gasteiger partial charge in [-0.15, -0.1) is 0 Å². The summed E-state index contributed by atoms with van der Waals surface area (Å²) in [6.45, 7) is 8.93. The van der Waals surface area contributed by atoms with E-state index in [9.17, 15) is 4.79 Å². The monoisotopic (exact) mass is 649 g/mol. The van der Waals surface area contributed by atoms with E-state index in [-0.39, 0.29) is 12.1 Å². The van der Waals surface area contributed by atoms with Crippen LogP contribution in [0.1, 0.15) is 265 Å². The van der Waals surface area contributed by atoms with Gasteiger partial charge in [0.1, 0.15) is 0 Å².